The van der Waals surface area contributed by atoms with Crippen LogP contribution in [0.4, 0.5) is 16.2 Å². The van der Waals surface area contributed by atoms with Crippen LogP contribution in [-0.4, -0.2) is 48.1 Å². The number of carbonyl (C=O) groups excluding carboxylic acids is 2. The van der Waals surface area contributed by atoms with Crippen LogP contribution in [0.25, 0.3) is 0 Å². The summed E-state index contributed by atoms with van der Waals surface area (Å²) < 4.78 is 11.2. The van der Waals surface area contributed by atoms with Crippen LogP contribution in [0.5, 0.6) is 5.75 Å². The number of ether oxygens (including phenoxy) is 2. The molecule has 1 heterocycles. The van der Waals surface area contributed by atoms with E-state index in [0.29, 0.717) is 25.3 Å². The molecular weight excluding hydrogens is 438 g/mol. The van der Waals surface area contributed by atoms with Gasteiger partial charge in [0.05, 0.1) is 22.2 Å². The van der Waals surface area contributed by atoms with E-state index in [4.69, 9.17) is 9.47 Å². The smallest absolute Gasteiger partial charge is 0.410 e. The molecule has 9 nitrogen and oxygen atoms in total. The molecule has 2 amide bonds. The lowest BCUT2D eigenvalue weighted by molar-refractivity contribution is -0.386. The number of amides is 2. The average Bonchev–Trinajstić information content (AvgIpc) is 2.81. The second-order valence-corrected chi connectivity index (χ2v) is 8.70. The van der Waals surface area contributed by atoms with Crippen LogP contribution in [0.3, 0.4) is 0 Å². The molecule has 9 heteroatoms. The van der Waals surface area contributed by atoms with E-state index in [1.54, 1.807) is 17.9 Å². The fourth-order valence-corrected chi connectivity index (χ4v) is 4.13. The van der Waals surface area contributed by atoms with E-state index in [2.05, 4.69) is 13.8 Å². The highest BCUT2D eigenvalue weighted by atomic mass is 16.6. The number of hydrogen-bond acceptors (Lipinski definition) is 6. The Hall–Kier alpha value is -2.84. The monoisotopic (exact) mass is 477 g/mol. The molecule has 1 unspecified atom stereocenters. The van der Waals surface area contributed by atoms with Crippen molar-refractivity contribution in [3.8, 4) is 5.75 Å². The molecular formula is C25H39N3O6. The lowest BCUT2D eigenvalue weighted by Gasteiger charge is -2.29. The number of nitro groups is 1. The number of nitro benzene ring substituents is 1. The molecule has 0 saturated heterocycles. The zero-order chi connectivity index (χ0) is 25.1. The zero-order valence-electron chi connectivity index (χ0n) is 21.0. The Labute approximate surface area is 202 Å². The molecule has 1 atom stereocenters. The summed E-state index contributed by atoms with van der Waals surface area (Å²) in [6.45, 7) is 9.19. The van der Waals surface area contributed by atoms with E-state index in [1.807, 2.05) is 6.92 Å². The van der Waals surface area contributed by atoms with Crippen molar-refractivity contribution in [2.75, 3.05) is 31.1 Å². The predicted octanol–water partition coefficient (Wildman–Crippen LogP) is 6.00. The first-order valence-electron chi connectivity index (χ1n) is 12.5. The second kappa shape index (κ2) is 13.8. The molecule has 2 rings (SSSR count). The summed E-state index contributed by atoms with van der Waals surface area (Å²) in [5.74, 6) is 0.0636. The maximum absolute atomic E-state index is 13.0. The van der Waals surface area contributed by atoms with Gasteiger partial charge in [0, 0.05) is 19.6 Å². The van der Waals surface area contributed by atoms with Gasteiger partial charge in [-0.1, -0.05) is 52.4 Å². The van der Waals surface area contributed by atoms with Gasteiger partial charge in [0.15, 0.2) is 12.4 Å². The Morgan fingerprint density at radius 3 is 2.26 bits per heavy atom. The van der Waals surface area contributed by atoms with Crippen molar-refractivity contribution in [2.24, 2.45) is 0 Å². The number of hydrogen-bond donors (Lipinski definition) is 0. The quantitative estimate of drug-likeness (QED) is 0.185. The van der Waals surface area contributed by atoms with Crippen LogP contribution in [0.15, 0.2) is 12.1 Å². The van der Waals surface area contributed by atoms with Gasteiger partial charge in [-0.05, 0) is 32.8 Å². The molecule has 1 aromatic carbocycles. The maximum Gasteiger partial charge on any atom is 0.410 e. The Balaban J connectivity index is 2.21. The highest BCUT2D eigenvalue weighted by Gasteiger charge is 2.32. The Kier molecular flexibility index (Phi) is 11.1. The number of carbonyl (C=O) groups is 2. The molecule has 0 bridgehead atoms. The van der Waals surface area contributed by atoms with Gasteiger partial charge in [-0.2, -0.15) is 0 Å². The SMILES string of the molecule is CCCCCCN(CCCCCC)C(=O)OC(C)c1cc2c(cc1[N+](=O)[O-])OCC(=O)N2CC. The molecule has 0 spiro atoms. The van der Waals surface area contributed by atoms with E-state index in [0.717, 1.165) is 51.4 Å². The normalized spacial score (nSPS) is 13.8. The van der Waals surface area contributed by atoms with Crippen LogP contribution in [0.2, 0.25) is 0 Å². The molecule has 0 aliphatic carbocycles. The number of nitrogens with zero attached hydrogens (tertiary/aromatic N) is 3. The van der Waals surface area contributed by atoms with Gasteiger partial charge in [-0.3, -0.25) is 14.9 Å². The lowest BCUT2D eigenvalue weighted by Crippen LogP contribution is -2.38. The molecule has 1 aliphatic rings. The van der Waals surface area contributed by atoms with Crippen LogP contribution in [0, 0.1) is 10.1 Å². The summed E-state index contributed by atoms with van der Waals surface area (Å²) >= 11 is 0. The van der Waals surface area contributed by atoms with E-state index in [-0.39, 0.29) is 29.5 Å². The highest BCUT2D eigenvalue weighted by Crippen LogP contribution is 2.40. The third kappa shape index (κ3) is 7.33. The average molecular weight is 478 g/mol. The first kappa shape index (κ1) is 27.4. The third-order valence-electron chi connectivity index (χ3n) is 6.10. The summed E-state index contributed by atoms with van der Waals surface area (Å²) in [7, 11) is 0. The van der Waals surface area contributed by atoms with Crippen LogP contribution >= 0.6 is 0 Å². The Morgan fingerprint density at radius 1 is 1.12 bits per heavy atom. The van der Waals surface area contributed by atoms with Crippen LogP contribution in [0.1, 0.15) is 90.7 Å². The minimum atomic E-state index is -0.859. The van der Waals surface area contributed by atoms with Gasteiger partial charge in [-0.15, -0.1) is 0 Å². The molecule has 34 heavy (non-hydrogen) atoms. The summed E-state index contributed by atoms with van der Waals surface area (Å²) in [5, 5.41) is 11.8. The standard InChI is InChI=1S/C25H39N3O6/c1-5-8-10-12-14-26(15-13-11-9-6-2)25(30)34-19(4)20-16-22-23(17-21(20)28(31)32)33-18-24(29)27(22)7-3/h16-17,19H,5-15,18H2,1-4H3. The number of anilines is 1. The molecule has 0 saturated carbocycles. The van der Waals surface area contributed by atoms with E-state index < -0.39 is 17.1 Å². The van der Waals surface area contributed by atoms with Crippen molar-refractivity contribution in [3.63, 3.8) is 0 Å². The summed E-state index contributed by atoms with van der Waals surface area (Å²) in [5.41, 5.74) is 0.505. The first-order chi connectivity index (χ1) is 16.3. The van der Waals surface area contributed by atoms with Gasteiger partial charge in [0.2, 0.25) is 0 Å². The Morgan fingerprint density at radius 2 is 1.74 bits per heavy atom. The maximum atomic E-state index is 13.0. The molecule has 1 aromatic rings. The number of fused-ring (bicyclic) bond motifs is 1. The second-order valence-electron chi connectivity index (χ2n) is 8.70. The van der Waals surface area contributed by atoms with Crippen molar-refractivity contribution in [2.45, 2.75) is 85.2 Å². The van der Waals surface area contributed by atoms with Crippen LogP contribution in [-0.2, 0) is 9.53 Å². The van der Waals surface area contributed by atoms with Crippen molar-refractivity contribution < 1.29 is 24.0 Å². The van der Waals surface area contributed by atoms with Gasteiger partial charge < -0.3 is 19.3 Å². The van der Waals surface area contributed by atoms with Crippen molar-refractivity contribution in [1.82, 2.24) is 4.90 Å². The Bertz CT molecular complexity index is 832. The highest BCUT2D eigenvalue weighted by molar-refractivity contribution is 5.98. The number of unbranched alkanes of at least 4 members (excludes halogenated alkanes) is 6. The summed E-state index contributed by atoms with van der Waals surface area (Å²) in [4.78, 5) is 39.8. The number of benzene rings is 1. The summed E-state index contributed by atoms with van der Waals surface area (Å²) in [6.07, 6.45) is 7.02. The first-order valence-corrected chi connectivity index (χ1v) is 12.5. The zero-order valence-corrected chi connectivity index (χ0v) is 21.0. The summed E-state index contributed by atoms with van der Waals surface area (Å²) in [6, 6.07) is 2.86. The van der Waals surface area contributed by atoms with Gasteiger partial charge >= 0.3 is 6.09 Å². The number of rotatable bonds is 14. The molecule has 0 fully saturated rings. The molecule has 0 aromatic heterocycles. The van der Waals surface area contributed by atoms with E-state index in [9.17, 15) is 19.7 Å². The lowest BCUT2D eigenvalue weighted by atomic mass is 10.0. The van der Waals surface area contributed by atoms with Crippen LogP contribution < -0.4 is 9.64 Å². The van der Waals surface area contributed by atoms with E-state index in [1.165, 1.54) is 11.0 Å². The van der Waals surface area contributed by atoms with Crippen molar-refractivity contribution in [1.29, 1.82) is 0 Å². The predicted molar refractivity (Wildman–Crippen MR) is 131 cm³/mol. The minimum absolute atomic E-state index is 0.160. The molecule has 0 radical (unpaired) electrons. The van der Waals surface area contributed by atoms with Crippen molar-refractivity contribution >= 4 is 23.4 Å². The molecule has 1 aliphatic heterocycles. The number of likely N-dealkylation sites (N-methyl/N-ethyl adjacent to an activating group) is 1. The molecule has 0 N–H and O–H groups in total. The van der Waals surface area contributed by atoms with Gasteiger partial charge in [0.1, 0.15) is 6.10 Å². The minimum Gasteiger partial charge on any atom is -0.481 e. The van der Waals surface area contributed by atoms with Gasteiger partial charge in [-0.25, -0.2) is 4.79 Å². The molecule has 190 valence electrons. The van der Waals surface area contributed by atoms with E-state index >= 15 is 0 Å². The fourth-order valence-electron chi connectivity index (χ4n) is 4.13. The topological polar surface area (TPSA) is 102 Å². The third-order valence-corrected chi connectivity index (χ3v) is 6.10. The fraction of sp³-hybridized carbons (Fsp3) is 0.680. The van der Waals surface area contributed by atoms with Crippen molar-refractivity contribution in [3.05, 3.63) is 27.8 Å². The van der Waals surface area contributed by atoms with Gasteiger partial charge in [0.25, 0.3) is 11.6 Å². The largest absolute Gasteiger partial charge is 0.481 e.